The van der Waals surface area contributed by atoms with Crippen LogP contribution in [0.2, 0.25) is 0 Å². The molecule has 5 heteroatoms. The Morgan fingerprint density at radius 3 is 1.52 bits per heavy atom. The molecule has 0 amide bonds. The second-order valence-corrected chi connectivity index (χ2v) is 5.52. The quantitative estimate of drug-likeness (QED) is 0.478. The fourth-order valence-electron chi connectivity index (χ4n) is 2.38. The lowest BCUT2D eigenvalue weighted by Gasteiger charge is -2.06. The Morgan fingerprint density at radius 2 is 1.15 bits per heavy atom. The van der Waals surface area contributed by atoms with Gasteiger partial charge in [0.15, 0.2) is 0 Å². The van der Waals surface area contributed by atoms with Crippen LogP contribution >= 0.6 is 0 Å². The van der Waals surface area contributed by atoms with Gasteiger partial charge in [0.1, 0.15) is 0 Å². The van der Waals surface area contributed by atoms with Gasteiger partial charge in [-0.2, -0.15) is 0 Å². The Balaban J connectivity index is 0.000000223. The van der Waals surface area contributed by atoms with E-state index in [0.29, 0.717) is 5.69 Å². The molecule has 3 rings (SSSR count). The SMILES string of the molecule is Nc1ccccc1C(=O)O.O=C(O)C=C(c1ccccc1)c1ccccc1. The van der Waals surface area contributed by atoms with Crippen LogP contribution in [0.4, 0.5) is 5.69 Å². The zero-order chi connectivity index (χ0) is 19.6. The molecule has 0 atom stereocenters. The minimum atomic E-state index is -0.988. The number of rotatable bonds is 4. The van der Waals surface area contributed by atoms with Crippen LogP contribution in [-0.4, -0.2) is 22.2 Å². The van der Waals surface area contributed by atoms with Crippen LogP contribution in [0.5, 0.6) is 0 Å². The molecule has 5 nitrogen and oxygen atoms in total. The van der Waals surface area contributed by atoms with Crippen molar-refractivity contribution in [2.75, 3.05) is 5.73 Å². The Labute approximate surface area is 157 Å². The Hall–Kier alpha value is -3.86. The number of anilines is 1. The van der Waals surface area contributed by atoms with Gasteiger partial charge in [-0.1, -0.05) is 72.8 Å². The first-order valence-corrected chi connectivity index (χ1v) is 8.12. The van der Waals surface area contributed by atoms with E-state index >= 15 is 0 Å². The number of aromatic carboxylic acids is 1. The Kier molecular flexibility index (Phi) is 6.91. The fraction of sp³-hybridized carbons (Fsp3) is 0. The summed E-state index contributed by atoms with van der Waals surface area (Å²) in [4.78, 5) is 21.2. The number of benzene rings is 3. The first-order valence-electron chi connectivity index (χ1n) is 8.12. The maximum absolute atomic E-state index is 10.9. The molecule has 0 bridgehead atoms. The van der Waals surface area contributed by atoms with E-state index in [2.05, 4.69) is 0 Å². The normalized spacial score (nSPS) is 9.48. The molecule has 0 aliphatic heterocycles. The van der Waals surface area contributed by atoms with Crippen LogP contribution in [0.15, 0.2) is 91.0 Å². The summed E-state index contributed by atoms with van der Waals surface area (Å²) in [6.45, 7) is 0. The van der Waals surface area contributed by atoms with Gasteiger partial charge in [-0.25, -0.2) is 9.59 Å². The number of para-hydroxylation sites is 1. The van der Waals surface area contributed by atoms with Crippen LogP contribution in [0.3, 0.4) is 0 Å². The number of carbonyl (C=O) groups is 2. The van der Waals surface area contributed by atoms with Crippen LogP contribution < -0.4 is 5.73 Å². The summed E-state index contributed by atoms with van der Waals surface area (Å²) in [6.07, 6.45) is 1.24. The molecule has 0 aliphatic rings. The molecule has 0 saturated heterocycles. The van der Waals surface area contributed by atoms with Crippen molar-refractivity contribution in [1.29, 1.82) is 0 Å². The fourth-order valence-corrected chi connectivity index (χ4v) is 2.38. The Morgan fingerprint density at radius 1 is 0.704 bits per heavy atom. The third-order valence-corrected chi connectivity index (χ3v) is 3.63. The van der Waals surface area contributed by atoms with Gasteiger partial charge in [-0.3, -0.25) is 0 Å². The lowest BCUT2D eigenvalue weighted by molar-refractivity contribution is -0.131. The minimum absolute atomic E-state index is 0.155. The summed E-state index contributed by atoms with van der Waals surface area (Å²) in [7, 11) is 0. The molecule has 0 saturated carbocycles. The van der Waals surface area contributed by atoms with E-state index in [1.807, 2.05) is 60.7 Å². The van der Waals surface area contributed by atoms with Crippen LogP contribution in [0.1, 0.15) is 21.5 Å². The monoisotopic (exact) mass is 361 g/mol. The van der Waals surface area contributed by atoms with E-state index in [1.165, 1.54) is 12.1 Å². The minimum Gasteiger partial charge on any atom is -0.478 e. The molecule has 0 aromatic heterocycles. The number of carboxylic acid groups (broad SMARTS) is 2. The molecule has 0 aliphatic carbocycles. The van der Waals surface area contributed by atoms with Crippen molar-refractivity contribution in [3.63, 3.8) is 0 Å². The van der Waals surface area contributed by atoms with E-state index in [0.717, 1.165) is 16.7 Å². The lowest BCUT2D eigenvalue weighted by atomic mass is 9.98. The number of nitrogens with two attached hydrogens (primary N) is 1. The summed E-state index contributed by atoms with van der Waals surface area (Å²) >= 11 is 0. The second kappa shape index (κ2) is 9.58. The van der Waals surface area contributed by atoms with Crippen LogP contribution in [0.25, 0.3) is 5.57 Å². The molecule has 0 heterocycles. The van der Waals surface area contributed by atoms with E-state index in [9.17, 15) is 9.59 Å². The molecular formula is C22H19NO4. The predicted octanol–water partition coefficient (Wildman–Crippen LogP) is 4.17. The predicted molar refractivity (Wildman–Crippen MR) is 105 cm³/mol. The van der Waals surface area contributed by atoms with E-state index in [4.69, 9.17) is 15.9 Å². The summed E-state index contributed by atoms with van der Waals surface area (Å²) in [6, 6.07) is 25.4. The average Bonchev–Trinajstić information content (AvgIpc) is 2.68. The van der Waals surface area contributed by atoms with Crippen molar-refractivity contribution in [2.24, 2.45) is 0 Å². The average molecular weight is 361 g/mol. The van der Waals surface area contributed by atoms with Crippen LogP contribution in [-0.2, 0) is 4.79 Å². The summed E-state index contributed by atoms with van der Waals surface area (Å²) in [5, 5.41) is 17.4. The zero-order valence-electron chi connectivity index (χ0n) is 14.4. The topological polar surface area (TPSA) is 101 Å². The maximum atomic E-state index is 10.9. The van der Waals surface area contributed by atoms with Crippen molar-refractivity contribution in [3.05, 3.63) is 108 Å². The third-order valence-electron chi connectivity index (χ3n) is 3.63. The van der Waals surface area contributed by atoms with Crippen molar-refractivity contribution in [2.45, 2.75) is 0 Å². The molecule has 3 aromatic carbocycles. The zero-order valence-corrected chi connectivity index (χ0v) is 14.4. The first-order chi connectivity index (χ1) is 13.0. The highest BCUT2D eigenvalue weighted by molar-refractivity contribution is 5.95. The Bertz CT molecular complexity index is 893. The number of aliphatic carboxylic acids is 1. The molecule has 3 aromatic rings. The van der Waals surface area contributed by atoms with Gasteiger partial charge in [0.25, 0.3) is 0 Å². The molecule has 0 unspecified atom stereocenters. The van der Waals surface area contributed by atoms with Gasteiger partial charge in [-0.05, 0) is 28.8 Å². The van der Waals surface area contributed by atoms with E-state index in [1.54, 1.807) is 18.2 Å². The van der Waals surface area contributed by atoms with E-state index < -0.39 is 11.9 Å². The molecule has 0 radical (unpaired) electrons. The first kappa shape index (κ1) is 19.5. The van der Waals surface area contributed by atoms with E-state index in [-0.39, 0.29) is 5.56 Å². The van der Waals surface area contributed by atoms with Gasteiger partial charge < -0.3 is 15.9 Å². The summed E-state index contributed by atoms with van der Waals surface area (Å²) in [5.74, 6) is -1.93. The van der Waals surface area contributed by atoms with Crippen molar-refractivity contribution in [3.8, 4) is 0 Å². The second-order valence-electron chi connectivity index (χ2n) is 5.52. The van der Waals surface area contributed by atoms with Gasteiger partial charge in [0.05, 0.1) is 5.56 Å². The number of nitrogen functional groups attached to an aromatic ring is 1. The van der Waals surface area contributed by atoms with Gasteiger partial charge in [0, 0.05) is 11.8 Å². The smallest absolute Gasteiger partial charge is 0.337 e. The van der Waals surface area contributed by atoms with Crippen molar-refractivity contribution in [1.82, 2.24) is 0 Å². The van der Waals surface area contributed by atoms with Crippen molar-refractivity contribution < 1.29 is 19.8 Å². The molecule has 0 fully saturated rings. The largest absolute Gasteiger partial charge is 0.478 e. The molecule has 4 N–H and O–H groups in total. The standard InChI is InChI=1S/C15H12O2.C7H7NO2/c16-15(17)11-14(12-7-3-1-4-8-12)13-9-5-2-6-10-13;8-6-4-2-1-3-5(6)7(9)10/h1-11H,(H,16,17);1-4H,8H2,(H,9,10). The molecule has 0 spiro atoms. The maximum Gasteiger partial charge on any atom is 0.337 e. The molecular weight excluding hydrogens is 342 g/mol. The van der Waals surface area contributed by atoms with Crippen molar-refractivity contribution >= 4 is 23.2 Å². The van der Waals surface area contributed by atoms with Gasteiger partial charge >= 0.3 is 11.9 Å². The number of hydrogen-bond donors (Lipinski definition) is 3. The van der Waals surface area contributed by atoms with Gasteiger partial charge in [0.2, 0.25) is 0 Å². The lowest BCUT2D eigenvalue weighted by Crippen LogP contribution is -2.00. The highest BCUT2D eigenvalue weighted by Gasteiger charge is 2.06. The molecule has 136 valence electrons. The summed E-state index contributed by atoms with van der Waals surface area (Å²) in [5.41, 5.74) is 8.33. The summed E-state index contributed by atoms with van der Waals surface area (Å²) < 4.78 is 0. The van der Waals surface area contributed by atoms with Crippen LogP contribution in [0, 0.1) is 0 Å². The third kappa shape index (κ3) is 5.86. The number of carboxylic acids is 2. The highest BCUT2D eigenvalue weighted by Crippen LogP contribution is 2.22. The molecule has 27 heavy (non-hydrogen) atoms. The number of hydrogen-bond acceptors (Lipinski definition) is 3. The van der Waals surface area contributed by atoms with Gasteiger partial charge in [-0.15, -0.1) is 0 Å². The highest BCUT2D eigenvalue weighted by atomic mass is 16.4.